The molecule has 3 N–H and O–H groups in total. The largest absolute Gasteiger partial charge is 0.481 e. The smallest absolute Gasteiger partial charge is 0.303 e. The van der Waals surface area contributed by atoms with Gasteiger partial charge in [0.15, 0.2) is 0 Å². The summed E-state index contributed by atoms with van der Waals surface area (Å²) in [5.41, 5.74) is -0.933. The van der Waals surface area contributed by atoms with E-state index in [0.717, 1.165) is 0 Å². The molecule has 3 atom stereocenters. The van der Waals surface area contributed by atoms with Gasteiger partial charge in [0.25, 0.3) is 0 Å². The average Bonchev–Trinajstić information content (AvgIpc) is 1.97. The van der Waals surface area contributed by atoms with Gasteiger partial charge in [-0.25, -0.2) is 0 Å². The summed E-state index contributed by atoms with van der Waals surface area (Å²) in [4.78, 5) is 10.5. The first-order chi connectivity index (χ1) is 5.92. The summed E-state index contributed by atoms with van der Waals surface area (Å²) in [7, 11) is 0. The van der Waals surface area contributed by atoms with Crippen LogP contribution in [0.15, 0.2) is 0 Å². The molecule has 76 valence electrons. The van der Waals surface area contributed by atoms with E-state index in [2.05, 4.69) is 0 Å². The predicted octanol–water partition coefficient (Wildman–Crippen LogP) is 0.373. The van der Waals surface area contributed by atoms with Crippen LogP contribution in [-0.2, 0) is 4.79 Å². The first kappa shape index (κ1) is 10.5. The Morgan fingerprint density at radius 2 is 2.23 bits per heavy atom. The van der Waals surface area contributed by atoms with Crippen LogP contribution < -0.4 is 0 Å². The van der Waals surface area contributed by atoms with Gasteiger partial charge in [-0.3, -0.25) is 4.79 Å². The number of aliphatic carboxylic acids is 1. The Balaban J connectivity index is 2.61. The molecular formula is C9H16O4. The second-order valence-electron chi connectivity index (χ2n) is 4.08. The standard InChI is InChI=1S/C9H16O4/c1-9(13)3-2-7(10)4-6(9)5-8(11)12/h6-7,10,13H,2-5H2,1H3,(H,11,12)/t6-,7+,9-/m1/s1. The first-order valence-corrected chi connectivity index (χ1v) is 4.54. The van der Waals surface area contributed by atoms with Crippen LogP contribution in [-0.4, -0.2) is 33.0 Å². The molecule has 0 amide bonds. The minimum Gasteiger partial charge on any atom is -0.481 e. The van der Waals surface area contributed by atoms with Crippen molar-refractivity contribution in [3.05, 3.63) is 0 Å². The summed E-state index contributed by atoms with van der Waals surface area (Å²) in [5.74, 6) is -1.24. The Morgan fingerprint density at radius 3 is 2.77 bits per heavy atom. The molecule has 1 fully saturated rings. The summed E-state index contributed by atoms with van der Waals surface area (Å²) >= 11 is 0. The van der Waals surface area contributed by atoms with Crippen molar-refractivity contribution in [3.8, 4) is 0 Å². The maximum absolute atomic E-state index is 10.5. The van der Waals surface area contributed by atoms with Gasteiger partial charge in [0.05, 0.1) is 18.1 Å². The molecule has 1 aliphatic carbocycles. The average molecular weight is 188 g/mol. The third kappa shape index (κ3) is 2.67. The van der Waals surface area contributed by atoms with E-state index in [0.29, 0.717) is 19.3 Å². The van der Waals surface area contributed by atoms with Crippen LogP contribution in [0.5, 0.6) is 0 Å². The Kier molecular flexibility index (Phi) is 2.93. The molecule has 0 aromatic heterocycles. The van der Waals surface area contributed by atoms with E-state index >= 15 is 0 Å². The number of aliphatic hydroxyl groups excluding tert-OH is 1. The number of carboxylic acid groups (broad SMARTS) is 1. The topological polar surface area (TPSA) is 77.8 Å². The molecule has 1 rings (SSSR count). The summed E-state index contributed by atoms with van der Waals surface area (Å²) in [5, 5.41) is 27.7. The van der Waals surface area contributed by atoms with E-state index in [9.17, 15) is 15.0 Å². The molecule has 4 heteroatoms. The summed E-state index contributed by atoms with van der Waals surface area (Å²) in [6, 6.07) is 0. The van der Waals surface area contributed by atoms with Gasteiger partial charge in [0.1, 0.15) is 0 Å². The Hall–Kier alpha value is -0.610. The van der Waals surface area contributed by atoms with Gasteiger partial charge in [-0.15, -0.1) is 0 Å². The van der Waals surface area contributed by atoms with Crippen LogP contribution in [0.4, 0.5) is 0 Å². The van der Waals surface area contributed by atoms with Crippen molar-refractivity contribution >= 4 is 5.97 Å². The van der Waals surface area contributed by atoms with Crippen LogP contribution in [0.1, 0.15) is 32.6 Å². The van der Waals surface area contributed by atoms with Crippen molar-refractivity contribution in [1.82, 2.24) is 0 Å². The van der Waals surface area contributed by atoms with Gasteiger partial charge in [0.2, 0.25) is 0 Å². The number of rotatable bonds is 2. The highest BCUT2D eigenvalue weighted by atomic mass is 16.4. The highest BCUT2D eigenvalue weighted by Crippen LogP contribution is 2.35. The molecule has 0 aliphatic heterocycles. The summed E-state index contributed by atoms with van der Waals surface area (Å²) in [6.45, 7) is 1.65. The summed E-state index contributed by atoms with van der Waals surface area (Å²) < 4.78 is 0. The molecule has 0 aromatic carbocycles. The quantitative estimate of drug-likeness (QED) is 0.585. The van der Waals surface area contributed by atoms with E-state index in [1.54, 1.807) is 6.92 Å². The van der Waals surface area contributed by atoms with E-state index in [-0.39, 0.29) is 12.3 Å². The first-order valence-electron chi connectivity index (χ1n) is 4.54. The molecule has 0 radical (unpaired) electrons. The fourth-order valence-electron chi connectivity index (χ4n) is 1.88. The Bertz CT molecular complexity index is 200. The van der Waals surface area contributed by atoms with Gasteiger partial charge in [0, 0.05) is 5.92 Å². The van der Waals surface area contributed by atoms with Crippen molar-refractivity contribution in [2.45, 2.75) is 44.3 Å². The zero-order chi connectivity index (χ0) is 10.1. The normalized spacial score (nSPS) is 40.2. The van der Waals surface area contributed by atoms with Gasteiger partial charge >= 0.3 is 5.97 Å². The zero-order valence-corrected chi connectivity index (χ0v) is 7.73. The second kappa shape index (κ2) is 3.64. The molecule has 1 saturated carbocycles. The van der Waals surface area contributed by atoms with Crippen molar-refractivity contribution in [2.75, 3.05) is 0 Å². The fourth-order valence-corrected chi connectivity index (χ4v) is 1.88. The molecular weight excluding hydrogens is 172 g/mol. The Labute approximate surface area is 77.2 Å². The predicted molar refractivity (Wildman–Crippen MR) is 46.2 cm³/mol. The molecule has 4 nitrogen and oxygen atoms in total. The highest BCUT2D eigenvalue weighted by molar-refractivity contribution is 5.67. The van der Waals surface area contributed by atoms with E-state index < -0.39 is 17.7 Å². The van der Waals surface area contributed by atoms with Crippen LogP contribution in [0.3, 0.4) is 0 Å². The minimum absolute atomic E-state index is 0.0654. The van der Waals surface area contributed by atoms with Gasteiger partial charge < -0.3 is 15.3 Å². The molecule has 0 aromatic rings. The molecule has 0 unspecified atom stereocenters. The molecule has 0 bridgehead atoms. The lowest BCUT2D eigenvalue weighted by Gasteiger charge is -2.38. The number of carboxylic acids is 1. The van der Waals surface area contributed by atoms with Gasteiger partial charge in [-0.05, 0) is 26.2 Å². The Morgan fingerprint density at radius 1 is 1.62 bits per heavy atom. The van der Waals surface area contributed by atoms with Gasteiger partial charge in [-0.2, -0.15) is 0 Å². The van der Waals surface area contributed by atoms with Crippen molar-refractivity contribution in [3.63, 3.8) is 0 Å². The lowest BCUT2D eigenvalue weighted by molar-refractivity contribution is -0.143. The molecule has 1 aliphatic rings. The number of aliphatic hydroxyl groups is 2. The van der Waals surface area contributed by atoms with Crippen LogP contribution in [0.25, 0.3) is 0 Å². The summed E-state index contributed by atoms with van der Waals surface area (Å²) in [6.07, 6.45) is 0.906. The molecule has 13 heavy (non-hydrogen) atoms. The number of hydrogen-bond acceptors (Lipinski definition) is 3. The monoisotopic (exact) mass is 188 g/mol. The molecule has 0 spiro atoms. The van der Waals surface area contributed by atoms with E-state index in [1.165, 1.54) is 0 Å². The highest BCUT2D eigenvalue weighted by Gasteiger charge is 2.38. The van der Waals surface area contributed by atoms with Crippen LogP contribution in [0, 0.1) is 5.92 Å². The third-order valence-electron chi connectivity index (χ3n) is 2.84. The van der Waals surface area contributed by atoms with Crippen molar-refractivity contribution < 1.29 is 20.1 Å². The van der Waals surface area contributed by atoms with Crippen molar-refractivity contribution in [1.29, 1.82) is 0 Å². The fraction of sp³-hybridized carbons (Fsp3) is 0.889. The minimum atomic E-state index is -0.933. The number of hydrogen-bond donors (Lipinski definition) is 3. The lowest BCUT2D eigenvalue weighted by Crippen LogP contribution is -2.42. The van der Waals surface area contributed by atoms with Crippen LogP contribution in [0.2, 0.25) is 0 Å². The SMILES string of the molecule is C[C@@]1(O)CC[C@H](O)C[C@@H]1CC(=O)O. The van der Waals surface area contributed by atoms with Crippen LogP contribution >= 0.6 is 0 Å². The third-order valence-corrected chi connectivity index (χ3v) is 2.84. The lowest BCUT2D eigenvalue weighted by atomic mass is 9.74. The van der Waals surface area contributed by atoms with Crippen molar-refractivity contribution in [2.24, 2.45) is 5.92 Å². The molecule has 0 heterocycles. The van der Waals surface area contributed by atoms with Gasteiger partial charge in [-0.1, -0.05) is 0 Å². The number of carbonyl (C=O) groups is 1. The zero-order valence-electron chi connectivity index (χ0n) is 7.73. The molecule has 0 saturated heterocycles. The van der Waals surface area contributed by atoms with E-state index in [4.69, 9.17) is 5.11 Å². The second-order valence-corrected chi connectivity index (χ2v) is 4.08. The van der Waals surface area contributed by atoms with E-state index in [1.807, 2.05) is 0 Å². The maximum atomic E-state index is 10.5. The maximum Gasteiger partial charge on any atom is 0.303 e.